The second-order valence-electron chi connectivity index (χ2n) is 11.5. The summed E-state index contributed by atoms with van der Waals surface area (Å²) in [4.78, 5) is 8.98. The van der Waals surface area contributed by atoms with Crippen molar-refractivity contribution in [2.45, 2.75) is 38.5 Å². The van der Waals surface area contributed by atoms with E-state index < -0.39 is 0 Å². The number of hydrogen-bond donors (Lipinski definition) is 0. The zero-order chi connectivity index (χ0) is 27.8. The molecule has 42 heavy (non-hydrogen) atoms. The fourth-order valence-electron chi connectivity index (χ4n) is 6.69. The Morgan fingerprint density at radius 3 is 1.40 bits per heavy atom. The number of benzene rings is 4. The summed E-state index contributed by atoms with van der Waals surface area (Å²) >= 11 is 0. The Labute approximate surface area is 259 Å². The minimum absolute atomic E-state index is 0. The molecule has 0 saturated carbocycles. The first kappa shape index (κ1) is 29.7. The molecule has 0 fully saturated rings. The molecule has 2 aromatic heterocycles. The van der Waals surface area contributed by atoms with Crippen molar-refractivity contribution in [3.05, 3.63) is 139 Å². The van der Waals surface area contributed by atoms with Crippen molar-refractivity contribution in [2.75, 3.05) is 0 Å². The average Bonchev–Trinajstić information content (AvgIpc) is 2.94. The average molecular weight is 732 g/mol. The van der Waals surface area contributed by atoms with Crippen molar-refractivity contribution in [1.82, 2.24) is 9.97 Å². The van der Waals surface area contributed by atoms with E-state index in [1.165, 1.54) is 12.1 Å². The maximum atomic E-state index is 14.4. The fourth-order valence-corrected chi connectivity index (χ4v) is 6.69. The quantitative estimate of drug-likeness (QED) is 0.146. The Morgan fingerprint density at radius 2 is 1.00 bits per heavy atom. The molecule has 210 valence electrons. The number of halogens is 2. The van der Waals surface area contributed by atoms with Gasteiger partial charge in [0.2, 0.25) is 0 Å². The first-order valence-electron chi connectivity index (χ1n) is 13.4. The van der Waals surface area contributed by atoms with E-state index in [0.29, 0.717) is 11.1 Å². The van der Waals surface area contributed by atoms with Gasteiger partial charge in [-0.25, -0.2) is 8.78 Å². The van der Waals surface area contributed by atoms with E-state index in [-0.39, 0.29) is 50.0 Å². The maximum absolute atomic E-state index is 14.4. The van der Waals surface area contributed by atoms with Crippen LogP contribution >= 0.6 is 0 Å². The van der Waals surface area contributed by atoms with Crippen LogP contribution in [-0.4, -0.2) is 9.97 Å². The van der Waals surface area contributed by atoms with E-state index in [1.54, 1.807) is 24.5 Å². The molecule has 0 radical (unpaired) electrons. The second-order valence-corrected chi connectivity index (χ2v) is 11.5. The van der Waals surface area contributed by atoms with Gasteiger partial charge in [0.25, 0.3) is 0 Å². The van der Waals surface area contributed by atoms with Gasteiger partial charge >= 0.3 is 20.1 Å². The minimum Gasteiger partial charge on any atom is -0.358 e. The first-order chi connectivity index (χ1) is 19.2. The second kappa shape index (κ2) is 10.5. The van der Waals surface area contributed by atoms with Crippen LogP contribution in [0, 0.1) is 31.2 Å². The van der Waals surface area contributed by atoms with Crippen molar-refractivity contribution in [3.63, 3.8) is 0 Å². The number of fused-ring (bicyclic) bond motifs is 4. The van der Waals surface area contributed by atoms with Crippen LogP contribution < -0.4 is 0 Å². The molecule has 0 amide bonds. The van der Waals surface area contributed by atoms with E-state index in [2.05, 4.69) is 74.1 Å². The van der Waals surface area contributed by atoms with E-state index in [4.69, 9.17) is 0 Å². The van der Waals surface area contributed by atoms with Crippen molar-refractivity contribution in [2.24, 2.45) is 0 Å². The van der Waals surface area contributed by atoms with Gasteiger partial charge in [-0.2, -0.15) is 0 Å². The van der Waals surface area contributed by atoms with Crippen LogP contribution in [0.4, 0.5) is 8.78 Å². The fraction of sp³-hybridized carbons (Fsp3) is 0.162. The van der Waals surface area contributed by atoms with Gasteiger partial charge in [0, 0.05) is 24.0 Å². The van der Waals surface area contributed by atoms with Gasteiger partial charge in [0.1, 0.15) is 0 Å². The topological polar surface area (TPSA) is 25.8 Å². The zero-order valence-corrected chi connectivity index (χ0v) is 26.5. The molecule has 0 unspecified atom stereocenters. The molecule has 0 spiro atoms. The third-order valence-electron chi connectivity index (χ3n) is 8.55. The van der Waals surface area contributed by atoms with E-state index >= 15 is 0 Å². The molecule has 0 saturated heterocycles. The summed E-state index contributed by atoms with van der Waals surface area (Å²) in [6.07, 6.45) is 3.56. The Morgan fingerprint density at radius 1 is 0.595 bits per heavy atom. The first-order valence-corrected chi connectivity index (χ1v) is 13.4. The molecule has 0 bridgehead atoms. The van der Waals surface area contributed by atoms with Crippen LogP contribution in [0.15, 0.2) is 85.2 Å². The summed E-state index contributed by atoms with van der Waals surface area (Å²) in [6, 6.07) is 29.0. The van der Waals surface area contributed by atoms with Crippen LogP contribution in [0.1, 0.15) is 49.9 Å². The summed E-state index contributed by atoms with van der Waals surface area (Å²) in [5.41, 5.74) is 6.14. The molecule has 0 aliphatic heterocycles. The van der Waals surface area contributed by atoms with Crippen LogP contribution in [0.5, 0.6) is 0 Å². The van der Waals surface area contributed by atoms with Crippen molar-refractivity contribution < 1.29 is 28.9 Å². The molecule has 6 aromatic rings. The van der Waals surface area contributed by atoms with Gasteiger partial charge in [-0.15, -0.1) is 47.5 Å². The van der Waals surface area contributed by atoms with Gasteiger partial charge in [-0.1, -0.05) is 75.2 Å². The molecule has 4 aromatic carbocycles. The van der Waals surface area contributed by atoms with E-state index in [1.807, 2.05) is 24.3 Å². The van der Waals surface area contributed by atoms with Crippen LogP contribution in [0.25, 0.3) is 44.1 Å². The number of rotatable bonds is 0. The van der Waals surface area contributed by atoms with E-state index in [9.17, 15) is 8.78 Å². The van der Waals surface area contributed by atoms with Gasteiger partial charge < -0.3 is 17.4 Å². The van der Waals surface area contributed by atoms with Gasteiger partial charge in [0.15, 0.2) is 0 Å². The van der Waals surface area contributed by atoms with Gasteiger partial charge in [-0.3, -0.25) is 0 Å². The molecule has 2 aliphatic carbocycles. The Kier molecular flexibility index (Phi) is 7.41. The standard InChI is InChI=1S/2C18H13FN.CH3.Ir/c2*1-18(2)13-7-3-5-11-9-10-20-17(15(11)13)12-6-4-8-14(19)16(12)18;;/h2*3-5,7-10H,1-2H3;1H3;/q3*-1;+3. The third kappa shape index (κ3) is 4.13. The minimum atomic E-state index is -0.382. The Balaban J connectivity index is 0.000000160. The zero-order valence-electron chi connectivity index (χ0n) is 24.1. The van der Waals surface area contributed by atoms with E-state index in [0.717, 1.165) is 55.2 Å². The Hall–Kier alpha value is -3.79. The smallest absolute Gasteiger partial charge is 0.358 e. The Bertz CT molecular complexity index is 1840. The van der Waals surface area contributed by atoms with Crippen molar-refractivity contribution in [1.29, 1.82) is 0 Å². The summed E-state index contributed by atoms with van der Waals surface area (Å²) in [6.45, 7) is 8.25. The largest absolute Gasteiger partial charge is 3.00 e. The number of hydrogen-bond acceptors (Lipinski definition) is 2. The summed E-state index contributed by atoms with van der Waals surface area (Å²) < 4.78 is 28.8. The summed E-state index contributed by atoms with van der Waals surface area (Å²) in [5, 5.41) is 4.52. The predicted molar refractivity (Wildman–Crippen MR) is 163 cm³/mol. The van der Waals surface area contributed by atoms with Gasteiger partial charge in [0.05, 0.1) is 0 Å². The van der Waals surface area contributed by atoms with Crippen LogP contribution in [0.2, 0.25) is 0 Å². The number of pyridine rings is 2. The molecule has 5 heteroatoms. The molecular formula is C37H29F2IrN2. The molecule has 2 aliphatic rings. The maximum Gasteiger partial charge on any atom is 3.00 e. The SMILES string of the molecule is CC1(C)c2c([c-]ccc2F)-c2nccc3cccc1c23.CC1(C)c2c([c-]ccc2F)-c2nccc3cccc1c23.[CH3-].[Ir+3]. The molecule has 2 heterocycles. The molecule has 2 nitrogen and oxygen atoms in total. The number of aromatic nitrogens is 2. The molecule has 0 atom stereocenters. The summed E-state index contributed by atoms with van der Waals surface area (Å²) in [7, 11) is 0. The third-order valence-corrected chi connectivity index (χ3v) is 8.55. The van der Waals surface area contributed by atoms with Gasteiger partial charge in [-0.05, 0) is 67.0 Å². The predicted octanol–water partition coefficient (Wildman–Crippen LogP) is 9.41. The number of nitrogens with zero attached hydrogens (tertiary/aromatic N) is 2. The molecule has 8 rings (SSSR count). The molecular weight excluding hydrogens is 703 g/mol. The summed E-state index contributed by atoms with van der Waals surface area (Å²) in [5.74, 6) is -0.367. The van der Waals surface area contributed by atoms with Crippen molar-refractivity contribution >= 4 is 21.5 Å². The van der Waals surface area contributed by atoms with Crippen LogP contribution in [0.3, 0.4) is 0 Å². The van der Waals surface area contributed by atoms with Crippen molar-refractivity contribution in [3.8, 4) is 22.5 Å². The monoisotopic (exact) mass is 732 g/mol. The molecule has 0 N–H and O–H groups in total. The van der Waals surface area contributed by atoms with Crippen LogP contribution in [-0.2, 0) is 30.9 Å². The normalized spacial score (nSPS) is 14.4.